The number of nitrogens with zero attached hydrogens (tertiary/aromatic N) is 3. The van der Waals surface area contributed by atoms with Crippen molar-refractivity contribution in [3.05, 3.63) is 309 Å². The van der Waals surface area contributed by atoms with Crippen LogP contribution in [0.15, 0.2) is 309 Å². The zero-order valence-electron chi connectivity index (χ0n) is 42.8. The van der Waals surface area contributed by atoms with Crippen LogP contribution in [0.4, 0.5) is 0 Å². The summed E-state index contributed by atoms with van der Waals surface area (Å²) < 4.78 is 0. The van der Waals surface area contributed by atoms with Crippen molar-refractivity contribution < 1.29 is 0 Å². The first-order valence-corrected chi connectivity index (χ1v) is 26.5. The van der Waals surface area contributed by atoms with Gasteiger partial charge in [-0.25, -0.2) is 15.0 Å². The summed E-state index contributed by atoms with van der Waals surface area (Å²) in [5.74, 6) is 0. The summed E-state index contributed by atoms with van der Waals surface area (Å²) >= 11 is 0. The molecule has 3 heterocycles. The van der Waals surface area contributed by atoms with Gasteiger partial charge < -0.3 is 0 Å². The molecule has 0 spiro atoms. The molecule has 0 N–H and O–H groups in total. The van der Waals surface area contributed by atoms with Gasteiger partial charge in [-0.1, -0.05) is 255 Å². The van der Waals surface area contributed by atoms with E-state index in [0.29, 0.717) is 0 Å². The number of aromatic nitrogens is 3. The van der Waals surface area contributed by atoms with Crippen LogP contribution in [-0.4, -0.2) is 15.0 Å². The Hall–Kier alpha value is -10.4. The molecule has 0 radical (unpaired) electrons. The first-order valence-electron chi connectivity index (χ1n) is 26.5. The summed E-state index contributed by atoms with van der Waals surface area (Å²) in [6.07, 6.45) is 0. The third-order valence-electron chi connectivity index (χ3n) is 14.5. The van der Waals surface area contributed by atoms with Gasteiger partial charge >= 0.3 is 0 Å². The molecule has 366 valence electrons. The third kappa shape index (κ3) is 9.88. The molecular weight excluding hydrogens is 943 g/mol. The topological polar surface area (TPSA) is 38.7 Å². The molecule has 0 aliphatic heterocycles. The van der Waals surface area contributed by atoms with Crippen LogP contribution in [0.25, 0.3) is 134 Å². The van der Waals surface area contributed by atoms with Crippen molar-refractivity contribution in [2.45, 2.75) is 0 Å². The fourth-order valence-corrected chi connectivity index (χ4v) is 10.6. The van der Waals surface area contributed by atoms with Gasteiger partial charge in [-0.05, 0) is 121 Å². The lowest BCUT2D eigenvalue weighted by molar-refractivity contribution is 1.31. The van der Waals surface area contributed by atoms with Gasteiger partial charge in [0, 0.05) is 33.4 Å². The minimum Gasteiger partial charge on any atom is -0.248 e. The quantitative estimate of drug-likeness (QED) is 0.122. The van der Waals surface area contributed by atoms with Crippen molar-refractivity contribution in [3.63, 3.8) is 0 Å². The summed E-state index contributed by atoms with van der Waals surface area (Å²) in [5.41, 5.74) is 24.7. The van der Waals surface area contributed by atoms with E-state index in [4.69, 9.17) is 15.0 Å². The summed E-state index contributed by atoms with van der Waals surface area (Å²) in [6.45, 7) is 0. The van der Waals surface area contributed by atoms with Crippen molar-refractivity contribution >= 4 is 0 Å². The van der Waals surface area contributed by atoms with E-state index in [0.717, 1.165) is 134 Å². The molecule has 10 aromatic carbocycles. The molecule has 3 heteroatoms. The molecule has 0 atom stereocenters. The fraction of sp³-hybridized carbons (Fsp3) is 0. The van der Waals surface area contributed by atoms with Gasteiger partial charge in [-0.3, -0.25) is 0 Å². The lowest BCUT2D eigenvalue weighted by Gasteiger charge is -2.18. The molecule has 0 aliphatic rings. The second kappa shape index (κ2) is 21.5. The summed E-state index contributed by atoms with van der Waals surface area (Å²) in [7, 11) is 0. The Morgan fingerprint density at radius 3 is 0.551 bits per heavy atom. The monoisotopic (exact) mass is 993 g/mol. The average Bonchev–Trinajstić information content (AvgIpc) is 3.57. The SMILES string of the molecule is c1ccc(-c2cc(-c3cc(-c4cc(-c5ccccc5)nc(-c5ccccc5-c5ccccc5)c4)cc(-c4cc(-c5ccccc5)nc(-c5ccccc5-c5ccccc5)c4)c3)cc(-c3ccccc3-c3ccccc3)n2)cc1. The molecule has 0 saturated heterocycles. The van der Waals surface area contributed by atoms with Crippen molar-refractivity contribution in [3.8, 4) is 134 Å². The normalized spacial score (nSPS) is 11.1. The second-order valence-corrected chi connectivity index (χ2v) is 19.5. The highest BCUT2D eigenvalue weighted by molar-refractivity contribution is 5.92. The molecule has 3 aromatic heterocycles. The molecule has 0 bridgehead atoms. The fourth-order valence-electron chi connectivity index (χ4n) is 10.6. The van der Waals surface area contributed by atoms with E-state index in [2.05, 4.69) is 309 Å². The Kier molecular flexibility index (Phi) is 13.0. The van der Waals surface area contributed by atoms with E-state index >= 15 is 0 Å². The standard InChI is InChI=1S/C75H51N3/c1-7-25-52(26-8-1)64-37-19-22-40-67(64)73-49-61(46-70(76-73)55-31-13-4-14-32-55)58-43-59(62-47-71(56-33-15-5-16-34-56)77-74(50-62)68-41-23-20-38-65(68)53-27-9-2-10-28-53)45-60(44-58)63-48-72(57-35-17-6-18-36-57)78-75(51-63)69-42-24-21-39-66(69)54-29-11-3-12-30-54/h1-51H. The highest BCUT2D eigenvalue weighted by Gasteiger charge is 2.19. The first kappa shape index (κ1) is 47.4. The molecule has 13 rings (SSSR count). The zero-order valence-corrected chi connectivity index (χ0v) is 42.8. The number of benzene rings is 10. The van der Waals surface area contributed by atoms with Crippen LogP contribution in [0.1, 0.15) is 0 Å². The van der Waals surface area contributed by atoms with Crippen LogP contribution in [-0.2, 0) is 0 Å². The van der Waals surface area contributed by atoms with Crippen LogP contribution in [0, 0.1) is 0 Å². The largest absolute Gasteiger partial charge is 0.248 e. The zero-order chi connectivity index (χ0) is 52.0. The molecule has 0 aliphatic carbocycles. The molecule has 78 heavy (non-hydrogen) atoms. The van der Waals surface area contributed by atoms with E-state index in [-0.39, 0.29) is 0 Å². The van der Waals surface area contributed by atoms with Crippen LogP contribution in [0.3, 0.4) is 0 Å². The molecule has 3 nitrogen and oxygen atoms in total. The van der Waals surface area contributed by atoms with E-state index in [1.807, 2.05) is 0 Å². The average molecular weight is 994 g/mol. The third-order valence-corrected chi connectivity index (χ3v) is 14.5. The van der Waals surface area contributed by atoms with Gasteiger partial charge in [0.25, 0.3) is 0 Å². The highest BCUT2D eigenvalue weighted by Crippen LogP contribution is 2.43. The number of rotatable bonds is 12. The highest BCUT2D eigenvalue weighted by atomic mass is 14.7. The maximum atomic E-state index is 5.48. The molecule has 13 aromatic rings. The van der Waals surface area contributed by atoms with Gasteiger partial charge in [0.2, 0.25) is 0 Å². The van der Waals surface area contributed by atoms with E-state index in [9.17, 15) is 0 Å². The Bertz CT molecular complexity index is 3770. The van der Waals surface area contributed by atoms with Crippen LogP contribution in [0.2, 0.25) is 0 Å². The minimum atomic E-state index is 0.892. The van der Waals surface area contributed by atoms with Crippen molar-refractivity contribution in [2.75, 3.05) is 0 Å². The lowest BCUT2D eigenvalue weighted by Crippen LogP contribution is -1.96. The number of hydrogen-bond acceptors (Lipinski definition) is 3. The molecular formula is C75H51N3. The van der Waals surface area contributed by atoms with Gasteiger partial charge in [-0.2, -0.15) is 0 Å². The second-order valence-electron chi connectivity index (χ2n) is 19.5. The Morgan fingerprint density at radius 2 is 0.308 bits per heavy atom. The predicted molar refractivity (Wildman–Crippen MR) is 325 cm³/mol. The van der Waals surface area contributed by atoms with E-state index in [1.54, 1.807) is 0 Å². The molecule has 0 unspecified atom stereocenters. The molecule has 0 saturated carbocycles. The molecule has 0 fully saturated rings. The van der Waals surface area contributed by atoms with Gasteiger partial charge in [0.05, 0.1) is 34.2 Å². The van der Waals surface area contributed by atoms with Gasteiger partial charge in [0.15, 0.2) is 0 Å². The van der Waals surface area contributed by atoms with Crippen LogP contribution in [0.5, 0.6) is 0 Å². The van der Waals surface area contributed by atoms with Crippen molar-refractivity contribution in [1.82, 2.24) is 15.0 Å². The van der Waals surface area contributed by atoms with Crippen LogP contribution >= 0.6 is 0 Å². The first-order chi connectivity index (χ1) is 38.6. The Labute approximate surface area is 456 Å². The number of hydrogen-bond donors (Lipinski definition) is 0. The summed E-state index contributed by atoms with van der Waals surface area (Å²) in [4.78, 5) is 16.4. The smallest absolute Gasteiger partial charge is 0.0721 e. The molecule has 0 amide bonds. The van der Waals surface area contributed by atoms with Crippen molar-refractivity contribution in [1.29, 1.82) is 0 Å². The minimum absolute atomic E-state index is 0.892. The van der Waals surface area contributed by atoms with Gasteiger partial charge in [0.1, 0.15) is 0 Å². The van der Waals surface area contributed by atoms with Crippen molar-refractivity contribution in [2.24, 2.45) is 0 Å². The van der Waals surface area contributed by atoms with E-state index < -0.39 is 0 Å². The predicted octanol–water partition coefficient (Wildman–Crippen LogP) is 19.9. The summed E-state index contributed by atoms with van der Waals surface area (Å²) in [6, 6.07) is 110. The maximum Gasteiger partial charge on any atom is 0.0721 e. The number of pyridine rings is 3. The maximum absolute atomic E-state index is 5.48. The van der Waals surface area contributed by atoms with Crippen LogP contribution < -0.4 is 0 Å². The lowest BCUT2D eigenvalue weighted by atomic mass is 9.89. The summed E-state index contributed by atoms with van der Waals surface area (Å²) in [5, 5.41) is 0. The Balaban J connectivity index is 1.09. The van der Waals surface area contributed by atoms with E-state index in [1.165, 1.54) is 0 Å². The van der Waals surface area contributed by atoms with Gasteiger partial charge in [-0.15, -0.1) is 0 Å². The Morgan fingerprint density at radius 1 is 0.128 bits per heavy atom.